The van der Waals surface area contributed by atoms with E-state index in [0.717, 1.165) is 38.0 Å². The molecule has 38 heavy (non-hydrogen) atoms. The fourth-order valence-electron chi connectivity index (χ4n) is 5.00. The van der Waals surface area contributed by atoms with Gasteiger partial charge in [-0.3, -0.25) is 9.59 Å². The van der Waals surface area contributed by atoms with Gasteiger partial charge in [0, 0.05) is 43.7 Å². The Morgan fingerprint density at radius 2 is 1.74 bits per heavy atom. The van der Waals surface area contributed by atoms with E-state index in [4.69, 9.17) is 14.2 Å². The number of hydrogen-bond acceptors (Lipinski definition) is 6. The number of amides is 2. The second kappa shape index (κ2) is 12.0. The Labute approximate surface area is 222 Å². The molecule has 2 aliphatic heterocycles. The number of carbonyl (C=O) groups is 2. The lowest BCUT2D eigenvalue weighted by molar-refractivity contribution is 0.0936. The molecule has 0 radical (unpaired) electrons. The van der Waals surface area contributed by atoms with Gasteiger partial charge in [-0.2, -0.15) is 0 Å². The normalized spacial score (nSPS) is 14.8. The van der Waals surface area contributed by atoms with Crippen molar-refractivity contribution >= 4 is 23.2 Å². The average molecular weight is 516 g/mol. The Morgan fingerprint density at radius 3 is 2.53 bits per heavy atom. The Morgan fingerprint density at radius 1 is 0.947 bits per heavy atom. The zero-order valence-corrected chi connectivity index (χ0v) is 21.6. The minimum Gasteiger partial charge on any atom is -0.454 e. The predicted molar refractivity (Wildman–Crippen MR) is 146 cm³/mol. The van der Waals surface area contributed by atoms with Crippen LogP contribution in [0.15, 0.2) is 66.7 Å². The van der Waals surface area contributed by atoms with Crippen molar-refractivity contribution in [2.24, 2.45) is 5.92 Å². The van der Waals surface area contributed by atoms with Gasteiger partial charge < -0.3 is 29.7 Å². The summed E-state index contributed by atoms with van der Waals surface area (Å²) in [5.41, 5.74) is 3.77. The van der Waals surface area contributed by atoms with Crippen LogP contribution in [-0.2, 0) is 11.2 Å². The van der Waals surface area contributed by atoms with E-state index >= 15 is 0 Å². The van der Waals surface area contributed by atoms with Gasteiger partial charge in [0.15, 0.2) is 11.5 Å². The molecular formula is C30H33N3O5. The number of nitrogens with one attached hydrogen (secondary N) is 2. The molecule has 0 atom stereocenters. The van der Waals surface area contributed by atoms with E-state index in [1.165, 1.54) is 5.56 Å². The van der Waals surface area contributed by atoms with Gasteiger partial charge >= 0.3 is 0 Å². The van der Waals surface area contributed by atoms with Gasteiger partial charge in [0.1, 0.15) is 0 Å². The van der Waals surface area contributed by atoms with Crippen molar-refractivity contribution in [3.63, 3.8) is 0 Å². The second-order valence-electron chi connectivity index (χ2n) is 9.62. The van der Waals surface area contributed by atoms with Crippen LogP contribution in [0.1, 0.15) is 39.1 Å². The average Bonchev–Trinajstić information content (AvgIpc) is 3.42. The van der Waals surface area contributed by atoms with Crippen LogP contribution < -0.4 is 25.0 Å². The standard InChI is InChI=1S/C30H33N3O5/c1-36-16-13-31-30(35)25-19-24(32-29(34)23-7-10-27-28(18-23)38-20-37-27)8-9-26(25)33-14-11-22(12-15-33)17-21-5-3-2-4-6-21/h2-10,18-19,22H,11-17,20H2,1H3,(H,31,35)(H,32,34). The molecule has 8 heteroatoms. The molecule has 5 rings (SSSR count). The third-order valence-electron chi connectivity index (χ3n) is 7.05. The molecule has 0 spiro atoms. The van der Waals surface area contributed by atoms with Gasteiger partial charge in [0.25, 0.3) is 11.8 Å². The van der Waals surface area contributed by atoms with E-state index in [1.54, 1.807) is 31.4 Å². The highest BCUT2D eigenvalue weighted by atomic mass is 16.7. The van der Waals surface area contributed by atoms with Gasteiger partial charge in [0.05, 0.1) is 12.2 Å². The summed E-state index contributed by atoms with van der Waals surface area (Å²) >= 11 is 0. The summed E-state index contributed by atoms with van der Waals surface area (Å²) in [6.07, 6.45) is 3.19. The number of rotatable bonds is 9. The van der Waals surface area contributed by atoms with Gasteiger partial charge in [-0.05, 0) is 67.1 Å². The molecule has 2 N–H and O–H groups in total. The molecular weight excluding hydrogens is 482 g/mol. The van der Waals surface area contributed by atoms with Crippen molar-refractivity contribution in [1.29, 1.82) is 0 Å². The number of nitrogens with zero attached hydrogens (tertiary/aromatic N) is 1. The Kier molecular flexibility index (Phi) is 8.09. The highest BCUT2D eigenvalue weighted by molar-refractivity contribution is 6.06. The van der Waals surface area contributed by atoms with Crippen molar-refractivity contribution in [2.45, 2.75) is 19.3 Å². The molecule has 0 saturated carbocycles. The second-order valence-corrected chi connectivity index (χ2v) is 9.62. The fraction of sp³-hybridized carbons (Fsp3) is 0.333. The lowest BCUT2D eigenvalue weighted by Crippen LogP contribution is -2.36. The van der Waals surface area contributed by atoms with Crippen LogP contribution in [0.25, 0.3) is 0 Å². The number of methoxy groups -OCH3 is 1. The summed E-state index contributed by atoms with van der Waals surface area (Å²) in [6, 6.07) is 21.2. The largest absolute Gasteiger partial charge is 0.454 e. The Hall–Kier alpha value is -4.04. The van der Waals surface area contributed by atoms with Crippen LogP contribution in [0.3, 0.4) is 0 Å². The maximum Gasteiger partial charge on any atom is 0.255 e. The predicted octanol–water partition coefficient (Wildman–Crippen LogP) is 4.50. The van der Waals surface area contributed by atoms with Crippen LogP contribution >= 0.6 is 0 Å². The molecule has 1 fully saturated rings. The maximum absolute atomic E-state index is 13.2. The van der Waals surface area contributed by atoms with E-state index < -0.39 is 0 Å². The SMILES string of the molecule is COCCNC(=O)c1cc(NC(=O)c2ccc3c(c2)OCO3)ccc1N1CCC(Cc2ccccc2)CC1. The van der Waals surface area contributed by atoms with Gasteiger partial charge in [0.2, 0.25) is 6.79 Å². The molecule has 2 heterocycles. The highest BCUT2D eigenvalue weighted by Gasteiger charge is 2.24. The van der Waals surface area contributed by atoms with E-state index in [0.29, 0.717) is 47.4 Å². The van der Waals surface area contributed by atoms with Crippen molar-refractivity contribution < 1.29 is 23.8 Å². The maximum atomic E-state index is 13.2. The van der Waals surface area contributed by atoms with Crippen molar-refractivity contribution in [1.82, 2.24) is 5.32 Å². The Balaban J connectivity index is 1.30. The first-order valence-electron chi connectivity index (χ1n) is 13.0. The third kappa shape index (κ3) is 6.08. The molecule has 3 aromatic carbocycles. The quantitative estimate of drug-likeness (QED) is 0.408. The molecule has 2 amide bonds. The lowest BCUT2D eigenvalue weighted by Gasteiger charge is -2.35. The fourth-order valence-corrected chi connectivity index (χ4v) is 5.00. The van der Waals surface area contributed by atoms with Crippen LogP contribution in [0, 0.1) is 5.92 Å². The monoisotopic (exact) mass is 515 g/mol. The first-order valence-corrected chi connectivity index (χ1v) is 13.0. The number of fused-ring (bicyclic) bond motifs is 1. The minimum absolute atomic E-state index is 0.146. The summed E-state index contributed by atoms with van der Waals surface area (Å²) in [7, 11) is 1.60. The smallest absolute Gasteiger partial charge is 0.255 e. The highest BCUT2D eigenvalue weighted by Crippen LogP contribution is 2.33. The van der Waals surface area contributed by atoms with Crippen molar-refractivity contribution in [3.05, 3.63) is 83.4 Å². The molecule has 0 aliphatic carbocycles. The van der Waals surface area contributed by atoms with E-state index in [2.05, 4.69) is 39.8 Å². The molecule has 2 aliphatic rings. The van der Waals surface area contributed by atoms with Crippen molar-refractivity contribution in [2.75, 3.05) is 50.4 Å². The molecule has 198 valence electrons. The number of benzene rings is 3. The molecule has 1 saturated heterocycles. The van der Waals surface area contributed by atoms with Crippen LogP contribution in [-0.4, -0.2) is 52.0 Å². The summed E-state index contributed by atoms with van der Waals surface area (Å²) in [4.78, 5) is 28.4. The number of piperidine rings is 1. The van der Waals surface area contributed by atoms with E-state index in [-0.39, 0.29) is 18.6 Å². The summed E-state index contributed by atoms with van der Waals surface area (Å²) < 4.78 is 15.8. The van der Waals surface area contributed by atoms with Crippen LogP contribution in [0.4, 0.5) is 11.4 Å². The van der Waals surface area contributed by atoms with Crippen LogP contribution in [0.2, 0.25) is 0 Å². The third-order valence-corrected chi connectivity index (χ3v) is 7.05. The van der Waals surface area contributed by atoms with Gasteiger partial charge in [-0.15, -0.1) is 0 Å². The molecule has 0 aromatic heterocycles. The summed E-state index contributed by atoms with van der Waals surface area (Å²) in [5.74, 6) is 1.30. The summed E-state index contributed by atoms with van der Waals surface area (Å²) in [6.45, 7) is 2.72. The molecule has 8 nitrogen and oxygen atoms in total. The molecule has 0 bridgehead atoms. The minimum atomic E-state index is -0.288. The lowest BCUT2D eigenvalue weighted by atomic mass is 9.89. The Bertz CT molecular complexity index is 1270. The first-order chi connectivity index (χ1) is 18.6. The number of anilines is 2. The zero-order valence-electron chi connectivity index (χ0n) is 21.6. The van der Waals surface area contributed by atoms with Crippen molar-refractivity contribution in [3.8, 4) is 11.5 Å². The van der Waals surface area contributed by atoms with Gasteiger partial charge in [-0.1, -0.05) is 30.3 Å². The van der Waals surface area contributed by atoms with Crippen LogP contribution in [0.5, 0.6) is 11.5 Å². The number of carbonyl (C=O) groups excluding carboxylic acids is 2. The topological polar surface area (TPSA) is 89.1 Å². The first kappa shape index (κ1) is 25.6. The zero-order chi connectivity index (χ0) is 26.3. The van der Waals surface area contributed by atoms with Gasteiger partial charge in [-0.25, -0.2) is 0 Å². The molecule has 3 aromatic rings. The van der Waals surface area contributed by atoms with E-state index in [9.17, 15) is 9.59 Å². The number of hydrogen-bond donors (Lipinski definition) is 2. The van der Waals surface area contributed by atoms with E-state index in [1.807, 2.05) is 18.2 Å². The number of ether oxygens (including phenoxy) is 3. The summed E-state index contributed by atoms with van der Waals surface area (Å²) in [5, 5.41) is 5.85. The molecule has 0 unspecified atom stereocenters.